The molecule has 4 heterocycles. The standard InChI is InChI=1S/C40H36F4N6O5/c1-39(2,55)28-20-31-24(19-32(28)46-37(53)30-7-5-9-34(45-30)40(42,43)44)21-50(48-31)33-8-4-3-6-27(33)38(54)49-16-14-22(15-17-49)25-11-10-23(18-29(25)41)26-12-13-35(51)47-36(26)52/h3-11,18-22,26,55H,12-17H2,1-2H3,(H,46,53)(H,47,51,52). The molecule has 4 amide bonds. The number of alkyl halides is 3. The maximum Gasteiger partial charge on any atom is 0.433 e. The molecule has 5 aromatic rings. The summed E-state index contributed by atoms with van der Waals surface area (Å²) in [6.45, 7) is 3.72. The minimum Gasteiger partial charge on any atom is -0.386 e. The zero-order chi connectivity index (χ0) is 39.2. The number of para-hydroxylation sites is 1. The Morgan fingerprint density at radius 3 is 2.38 bits per heavy atom. The molecule has 0 spiro atoms. The van der Waals surface area contributed by atoms with Crippen LogP contribution in [0.2, 0.25) is 0 Å². The Balaban J connectivity index is 1.09. The van der Waals surface area contributed by atoms with Gasteiger partial charge in [0.05, 0.1) is 28.3 Å². The van der Waals surface area contributed by atoms with Gasteiger partial charge in [-0.05, 0) is 92.6 Å². The van der Waals surface area contributed by atoms with Crippen molar-refractivity contribution in [3.8, 4) is 5.69 Å². The average molecular weight is 757 g/mol. The zero-order valence-electron chi connectivity index (χ0n) is 29.8. The topological polar surface area (TPSA) is 147 Å². The fraction of sp³-hybridized carbons (Fsp3) is 0.300. The van der Waals surface area contributed by atoms with Crippen molar-refractivity contribution in [1.29, 1.82) is 0 Å². The highest BCUT2D eigenvalue weighted by atomic mass is 19.4. The van der Waals surface area contributed by atoms with Crippen molar-refractivity contribution in [1.82, 2.24) is 25.0 Å². The number of anilines is 1. The lowest BCUT2D eigenvalue weighted by Gasteiger charge is -2.33. The van der Waals surface area contributed by atoms with Crippen LogP contribution in [0.25, 0.3) is 16.6 Å². The van der Waals surface area contributed by atoms with Crippen LogP contribution in [-0.2, 0) is 21.4 Å². The van der Waals surface area contributed by atoms with E-state index in [1.54, 1.807) is 59.6 Å². The van der Waals surface area contributed by atoms with E-state index in [4.69, 9.17) is 0 Å². The third-order valence-corrected chi connectivity index (χ3v) is 10.1. The number of imide groups is 1. The highest BCUT2D eigenvalue weighted by Crippen LogP contribution is 2.36. The number of aromatic nitrogens is 3. The molecule has 3 aromatic carbocycles. The van der Waals surface area contributed by atoms with E-state index in [2.05, 4.69) is 20.7 Å². The molecule has 0 radical (unpaired) electrons. The van der Waals surface area contributed by atoms with Crippen LogP contribution in [-0.4, -0.2) is 61.5 Å². The number of rotatable bonds is 7. The predicted molar refractivity (Wildman–Crippen MR) is 193 cm³/mol. The van der Waals surface area contributed by atoms with E-state index in [0.29, 0.717) is 65.6 Å². The van der Waals surface area contributed by atoms with E-state index in [9.17, 15) is 37.5 Å². The number of benzene rings is 3. The first-order chi connectivity index (χ1) is 26.1. The summed E-state index contributed by atoms with van der Waals surface area (Å²) in [6, 6.07) is 17.8. The summed E-state index contributed by atoms with van der Waals surface area (Å²) < 4.78 is 56.7. The van der Waals surface area contributed by atoms with Gasteiger partial charge < -0.3 is 15.3 Å². The summed E-state index contributed by atoms with van der Waals surface area (Å²) in [4.78, 5) is 56.1. The number of hydrogen-bond donors (Lipinski definition) is 3. The third-order valence-electron chi connectivity index (χ3n) is 10.1. The lowest BCUT2D eigenvalue weighted by molar-refractivity contribution is -0.141. The lowest BCUT2D eigenvalue weighted by atomic mass is 9.85. The first kappa shape index (κ1) is 37.4. The Morgan fingerprint density at radius 2 is 1.69 bits per heavy atom. The molecule has 15 heteroatoms. The quantitative estimate of drug-likeness (QED) is 0.125. The van der Waals surface area contributed by atoms with Gasteiger partial charge in [0, 0.05) is 42.3 Å². The number of likely N-dealkylation sites (tertiary alicyclic amines) is 1. The summed E-state index contributed by atoms with van der Waals surface area (Å²) in [6.07, 6.45) is -1.56. The van der Waals surface area contributed by atoms with Gasteiger partial charge in [0.1, 0.15) is 17.2 Å². The second-order valence-corrected chi connectivity index (χ2v) is 14.3. The third kappa shape index (κ3) is 7.69. The van der Waals surface area contributed by atoms with Gasteiger partial charge in [-0.1, -0.05) is 30.3 Å². The normalized spacial score (nSPS) is 17.0. The summed E-state index contributed by atoms with van der Waals surface area (Å²) in [5, 5.41) is 21.1. The van der Waals surface area contributed by atoms with Crippen LogP contribution in [0.3, 0.4) is 0 Å². The van der Waals surface area contributed by atoms with Crippen LogP contribution in [0.1, 0.15) is 94.6 Å². The number of carbonyl (C=O) groups is 4. The minimum absolute atomic E-state index is 0.137. The highest BCUT2D eigenvalue weighted by Gasteiger charge is 2.34. The van der Waals surface area contributed by atoms with E-state index in [0.717, 1.165) is 18.2 Å². The summed E-state index contributed by atoms with van der Waals surface area (Å²) >= 11 is 0. The molecule has 2 aliphatic rings. The Morgan fingerprint density at radius 1 is 0.945 bits per heavy atom. The monoisotopic (exact) mass is 756 g/mol. The molecule has 7 rings (SSSR count). The van der Waals surface area contributed by atoms with Gasteiger partial charge in [0.15, 0.2) is 0 Å². The second-order valence-electron chi connectivity index (χ2n) is 14.3. The van der Waals surface area contributed by atoms with Crippen molar-refractivity contribution in [3.63, 3.8) is 0 Å². The molecular formula is C40H36F4N6O5. The smallest absolute Gasteiger partial charge is 0.386 e. The maximum atomic E-state index is 15.4. The van der Waals surface area contributed by atoms with Gasteiger partial charge in [-0.25, -0.2) is 14.1 Å². The van der Waals surface area contributed by atoms with Gasteiger partial charge in [-0.15, -0.1) is 0 Å². The lowest BCUT2D eigenvalue weighted by Crippen LogP contribution is -2.39. The average Bonchev–Trinajstić information content (AvgIpc) is 3.57. The molecule has 2 aliphatic heterocycles. The SMILES string of the molecule is CC(C)(O)c1cc2nn(-c3ccccc3C(=O)N3CCC(c4ccc(C5CCC(=O)NC5=O)cc4F)CC3)cc2cc1NC(=O)c1cccc(C(F)(F)F)n1. The number of halogens is 4. The number of amides is 4. The fourth-order valence-corrected chi connectivity index (χ4v) is 7.23. The number of hydrogen-bond acceptors (Lipinski definition) is 7. The molecule has 55 heavy (non-hydrogen) atoms. The largest absolute Gasteiger partial charge is 0.433 e. The first-order valence-corrected chi connectivity index (χ1v) is 17.7. The van der Waals surface area contributed by atoms with Gasteiger partial charge in [0.25, 0.3) is 11.8 Å². The van der Waals surface area contributed by atoms with Crippen LogP contribution < -0.4 is 10.6 Å². The van der Waals surface area contributed by atoms with Gasteiger partial charge in [-0.3, -0.25) is 24.5 Å². The number of aliphatic hydroxyl groups is 1. The van der Waals surface area contributed by atoms with Gasteiger partial charge >= 0.3 is 6.18 Å². The van der Waals surface area contributed by atoms with Crippen LogP contribution in [0, 0.1) is 5.82 Å². The number of fused-ring (bicyclic) bond motifs is 1. The zero-order valence-corrected chi connectivity index (χ0v) is 29.8. The van der Waals surface area contributed by atoms with E-state index >= 15 is 4.39 Å². The molecule has 2 saturated heterocycles. The molecule has 0 bridgehead atoms. The number of piperidine rings is 2. The molecule has 1 unspecified atom stereocenters. The fourth-order valence-electron chi connectivity index (χ4n) is 7.23. The summed E-state index contributed by atoms with van der Waals surface area (Å²) in [5.41, 5.74) is -0.518. The minimum atomic E-state index is -4.75. The molecule has 11 nitrogen and oxygen atoms in total. The van der Waals surface area contributed by atoms with E-state index < -0.39 is 46.7 Å². The second kappa shape index (κ2) is 14.4. The van der Waals surface area contributed by atoms with Crippen molar-refractivity contribution in [3.05, 3.63) is 118 Å². The highest BCUT2D eigenvalue weighted by molar-refractivity contribution is 6.05. The van der Waals surface area contributed by atoms with Gasteiger partial charge in [-0.2, -0.15) is 18.3 Å². The van der Waals surface area contributed by atoms with Crippen LogP contribution in [0.5, 0.6) is 0 Å². The molecule has 3 N–H and O–H groups in total. The summed E-state index contributed by atoms with van der Waals surface area (Å²) in [7, 11) is 0. The molecule has 0 aliphatic carbocycles. The van der Waals surface area contributed by atoms with Crippen LogP contribution >= 0.6 is 0 Å². The Bertz CT molecular complexity index is 2340. The van der Waals surface area contributed by atoms with E-state index in [1.165, 1.54) is 24.6 Å². The van der Waals surface area contributed by atoms with E-state index in [-0.39, 0.29) is 35.4 Å². The molecular weight excluding hydrogens is 720 g/mol. The number of nitrogens with zero attached hydrogens (tertiary/aromatic N) is 4. The van der Waals surface area contributed by atoms with Crippen molar-refractivity contribution in [2.24, 2.45) is 0 Å². The molecule has 284 valence electrons. The van der Waals surface area contributed by atoms with Gasteiger partial charge in [0.2, 0.25) is 11.8 Å². The molecule has 0 saturated carbocycles. The van der Waals surface area contributed by atoms with E-state index in [1.807, 2.05) is 0 Å². The van der Waals surface area contributed by atoms with Crippen LogP contribution in [0.15, 0.2) is 79.0 Å². The number of pyridine rings is 1. The first-order valence-electron chi connectivity index (χ1n) is 17.7. The van der Waals surface area contributed by atoms with Crippen molar-refractivity contribution in [2.75, 3.05) is 18.4 Å². The van der Waals surface area contributed by atoms with Crippen molar-refractivity contribution >= 4 is 40.2 Å². The Kier molecular flexibility index (Phi) is 9.75. The molecule has 2 fully saturated rings. The van der Waals surface area contributed by atoms with Crippen molar-refractivity contribution < 1.29 is 41.8 Å². The molecule has 2 aromatic heterocycles. The number of nitrogens with one attached hydrogen (secondary N) is 2. The maximum absolute atomic E-state index is 15.4. The number of carbonyl (C=O) groups excluding carboxylic acids is 4. The van der Waals surface area contributed by atoms with Crippen molar-refractivity contribution in [2.45, 2.75) is 63.1 Å². The summed E-state index contributed by atoms with van der Waals surface area (Å²) in [5.74, 6) is -3.08. The Labute approximate surface area is 312 Å². The predicted octanol–water partition coefficient (Wildman–Crippen LogP) is 6.60. The Hall–Kier alpha value is -5.96. The molecule has 1 atom stereocenters. The van der Waals surface area contributed by atoms with Crippen LogP contribution in [0.4, 0.5) is 23.2 Å².